The van der Waals surface area contributed by atoms with Gasteiger partial charge in [-0.3, -0.25) is 0 Å². The SMILES string of the molecule is [Te]c1c(-c2ccccc2)cc(-c2ccccc2)cc1-c1ccccc1. The van der Waals surface area contributed by atoms with Crippen molar-refractivity contribution in [1.82, 2.24) is 0 Å². The third kappa shape index (κ3) is 3.40. The summed E-state index contributed by atoms with van der Waals surface area (Å²) in [5.74, 6) is 0. The van der Waals surface area contributed by atoms with Gasteiger partial charge in [0, 0.05) is 0 Å². The van der Waals surface area contributed by atoms with Crippen LogP contribution in [0.3, 0.4) is 0 Å². The third-order valence-electron chi connectivity index (χ3n) is 4.37. The summed E-state index contributed by atoms with van der Waals surface area (Å²) < 4.78 is 1.33. The van der Waals surface area contributed by atoms with E-state index in [1.54, 1.807) is 0 Å². The monoisotopic (exact) mass is 435 g/mol. The van der Waals surface area contributed by atoms with Gasteiger partial charge in [0.25, 0.3) is 0 Å². The maximum atomic E-state index is 2.31. The van der Waals surface area contributed by atoms with Crippen molar-refractivity contribution in [2.45, 2.75) is 0 Å². The first-order valence-electron chi connectivity index (χ1n) is 8.34. The molecule has 119 valence electrons. The summed E-state index contributed by atoms with van der Waals surface area (Å²) in [4.78, 5) is 0. The molecule has 0 aliphatic heterocycles. The first-order valence-corrected chi connectivity index (χ1v) is 9.51. The van der Waals surface area contributed by atoms with Crippen LogP contribution < -0.4 is 3.61 Å². The summed E-state index contributed by atoms with van der Waals surface area (Å²) in [7, 11) is 0. The third-order valence-corrected chi connectivity index (χ3v) is 5.62. The van der Waals surface area contributed by atoms with Gasteiger partial charge in [0.15, 0.2) is 0 Å². The van der Waals surface area contributed by atoms with Crippen molar-refractivity contribution in [1.29, 1.82) is 0 Å². The molecule has 1 radical (unpaired) electrons. The van der Waals surface area contributed by atoms with Crippen LogP contribution in [-0.2, 0) is 0 Å². The molecule has 0 unspecified atom stereocenters. The molecule has 0 aliphatic carbocycles. The fourth-order valence-electron chi connectivity index (χ4n) is 3.09. The van der Waals surface area contributed by atoms with E-state index in [0.29, 0.717) is 0 Å². The van der Waals surface area contributed by atoms with Crippen LogP contribution in [0.1, 0.15) is 0 Å². The minimum atomic E-state index is 1.25. The standard InChI is InChI=1S/C24H17Te/c25-24-22(19-12-6-2-7-13-19)16-21(18-10-4-1-5-11-18)17-23(24)20-14-8-3-9-15-20/h1-17H. The van der Waals surface area contributed by atoms with Crippen molar-refractivity contribution in [3.63, 3.8) is 0 Å². The Balaban J connectivity index is 1.98. The normalized spacial score (nSPS) is 10.6. The van der Waals surface area contributed by atoms with Crippen molar-refractivity contribution in [2.75, 3.05) is 0 Å². The van der Waals surface area contributed by atoms with Crippen LogP contribution in [0, 0.1) is 0 Å². The van der Waals surface area contributed by atoms with Gasteiger partial charge in [-0.05, 0) is 0 Å². The van der Waals surface area contributed by atoms with E-state index in [9.17, 15) is 0 Å². The Labute approximate surface area is 162 Å². The second-order valence-electron chi connectivity index (χ2n) is 6.00. The summed E-state index contributed by atoms with van der Waals surface area (Å²) in [6, 6.07) is 36.5. The van der Waals surface area contributed by atoms with Gasteiger partial charge in [-0.2, -0.15) is 0 Å². The Kier molecular flexibility index (Phi) is 4.70. The summed E-state index contributed by atoms with van der Waals surface area (Å²) in [5, 5.41) is 0. The fourth-order valence-corrected chi connectivity index (χ4v) is 4.10. The molecule has 4 aromatic carbocycles. The molecule has 0 aliphatic rings. The zero-order valence-corrected chi connectivity index (χ0v) is 16.1. The van der Waals surface area contributed by atoms with Crippen LogP contribution in [-0.4, -0.2) is 22.3 Å². The molecule has 0 atom stereocenters. The molecule has 25 heavy (non-hydrogen) atoms. The van der Waals surface area contributed by atoms with E-state index in [-0.39, 0.29) is 0 Å². The zero-order chi connectivity index (χ0) is 17.1. The van der Waals surface area contributed by atoms with Gasteiger partial charge in [0.1, 0.15) is 0 Å². The van der Waals surface area contributed by atoms with Crippen molar-refractivity contribution >= 4 is 25.9 Å². The van der Waals surface area contributed by atoms with Crippen molar-refractivity contribution in [3.05, 3.63) is 103 Å². The molecule has 0 spiro atoms. The molecule has 0 fully saturated rings. The van der Waals surface area contributed by atoms with Crippen LogP contribution in [0.5, 0.6) is 0 Å². The van der Waals surface area contributed by atoms with Gasteiger partial charge in [-0.25, -0.2) is 0 Å². The molecule has 0 heterocycles. The van der Waals surface area contributed by atoms with Crippen LogP contribution in [0.25, 0.3) is 33.4 Å². The Morgan fingerprint density at radius 2 is 0.760 bits per heavy atom. The van der Waals surface area contributed by atoms with Gasteiger partial charge in [0.2, 0.25) is 0 Å². The molecular formula is C24H17Te. The zero-order valence-electron chi connectivity index (χ0n) is 13.7. The Morgan fingerprint density at radius 3 is 1.16 bits per heavy atom. The number of hydrogen-bond acceptors (Lipinski definition) is 0. The van der Waals surface area contributed by atoms with E-state index < -0.39 is 0 Å². The Hall–Kier alpha value is -2.33. The predicted molar refractivity (Wildman–Crippen MR) is 108 cm³/mol. The second kappa shape index (κ2) is 7.28. The average molecular weight is 433 g/mol. The van der Waals surface area contributed by atoms with Crippen LogP contribution >= 0.6 is 0 Å². The van der Waals surface area contributed by atoms with Gasteiger partial charge >= 0.3 is 162 Å². The quantitative estimate of drug-likeness (QED) is 0.376. The summed E-state index contributed by atoms with van der Waals surface area (Å²) in [6.07, 6.45) is 0. The van der Waals surface area contributed by atoms with E-state index in [4.69, 9.17) is 0 Å². The molecule has 4 rings (SSSR count). The van der Waals surface area contributed by atoms with Crippen molar-refractivity contribution < 1.29 is 0 Å². The number of rotatable bonds is 3. The molecule has 0 nitrogen and oxygen atoms in total. The molecule has 0 saturated carbocycles. The molecule has 4 aromatic rings. The first kappa shape index (κ1) is 16.2. The number of benzene rings is 4. The van der Waals surface area contributed by atoms with E-state index in [2.05, 4.69) is 125 Å². The summed E-state index contributed by atoms with van der Waals surface area (Å²) >= 11 is 2.13. The van der Waals surface area contributed by atoms with Gasteiger partial charge in [-0.1, -0.05) is 0 Å². The van der Waals surface area contributed by atoms with Crippen molar-refractivity contribution in [2.24, 2.45) is 0 Å². The maximum absolute atomic E-state index is 2.31. The summed E-state index contributed by atoms with van der Waals surface area (Å²) in [5.41, 5.74) is 7.62. The fraction of sp³-hybridized carbons (Fsp3) is 0. The van der Waals surface area contributed by atoms with E-state index >= 15 is 0 Å². The molecule has 0 N–H and O–H groups in total. The minimum absolute atomic E-state index is 1.25. The van der Waals surface area contributed by atoms with E-state index in [1.807, 2.05) is 0 Å². The topological polar surface area (TPSA) is 0 Å². The predicted octanol–water partition coefficient (Wildman–Crippen LogP) is 5.48. The van der Waals surface area contributed by atoms with E-state index in [1.165, 1.54) is 37.0 Å². The van der Waals surface area contributed by atoms with Gasteiger partial charge < -0.3 is 0 Å². The second-order valence-corrected chi connectivity index (χ2v) is 7.16. The van der Waals surface area contributed by atoms with Crippen molar-refractivity contribution in [3.8, 4) is 33.4 Å². The Morgan fingerprint density at radius 1 is 0.400 bits per heavy atom. The van der Waals surface area contributed by atoms with Crippen LogP contribution in [0.2, 0.25) is 0 Å². The van der Waals surface area contributed by atoms with E-state index in [0.717, 1.165) is 0 Å². The Bertz CT molecular complexity index is 914. The average Bonchev–Trinajstić information content (AvgIpc) is 2.70. The summed E-state index contributed by atoms with van der Waals surface area (Å²) in [6.45, 7) is 0. The molecule has 1 heteroatoms. The molecule has 0 aromatic heterocycles. The van der Waals surface area contributed by atoms with Gasteiger partial charge in [0.05, 0.1) is 0 Å². The molecule has 0 saturated heterocycles. The van der Waals surface area contributed by atoms with Gasteiger partial charge in [-0.15, -0.1) is 0 Å². The van der Waals surface area contributed by atoms with Crippen LogP contribution in [0.4, 0.5) is 0 Å². The first-order chi connectivity index (χ1) is 12.3. The van der Waals surface area contributed by atoms with Crippen LogP contribution in [0.15, 0.2) is 103 Å². The number of hydrogen-bond donors (Lipinski definition) is 0. The molecule has 0 amide bonds. The molecule has 0 bridgehead atoms. The molecular weight excluding hydrogens is 416 g/mol.